The number of aromatic nitrogens is 2. The summed E-state index contributed by atoms with van der Waals surface area (Å²) in [6, 6.07) is 18.1. The molecule has 0 radical (unpaired) electrons. The summed E-state index contributed by atoms with van der Waals surface area (Å²) < 4.78 is 0. The number of aryl methyl sites for hydroxylation is 1. The van der Waals surface area contributed by atoms with Crippen molar-refractivity contribution in [1.82, 2.24) is 15.3 Å². The quantitative estimate of drug-likeness (QED) is 0.764. The van der Waals surface area contributed by atoms with Crippen molar-refractivity contribution in [2.45, 2.75) is 25.8 Å². The number of carbonyl (C=O) groups is 1. The molecule has 2 aromatic carbocycles. The molecule has 5 nitrogen and oxygen atoms in total. The van der Waals surface area contributed by atoms with Crippen molar-refractivity contribution in [2.24, 2.45) is 0 Å². The summed E-state index contributed by atoms with van der Waals surface area (Å²) >= 11 is 0. The molecule has 0 fully saturated rings. The molecule has 0 aliphatic carbocycles. The van der Waals surface area contributed by atoms with Gasteiger partial charge < -0.3 is 10.2 Å². The van der Waals surface area contributed by atoms with Crippen LogP contribution in [0, 0.1) is 0 Å². The van der Waals surface area contributed by atoms with Gasteiger partial charge in [-0.05, 0) is 37.0 Å². The molecule has 1 aliphatic rings. The van der Waals surface area contributed by atoms with Crippen molar-refractivity contribution in [2.75, 3.05) is 11.4 Å². The summed E-state index contributed by atoms with van der Waals surface area (Å²) in [6.07, 6.45) is 5.40. The zero-order valence-electron chi connectivity index (χ0n) is 15.3. The van der Waals surface area contributed by atoms with E-state index in [0.29, 0.717) is 5.69 Å². The Morgan fingerprint density at radius 2 is 1.81 bits per heavy atom. The van der Waals surface area contributed by atoms with Crippen molar-refractivity contribution < 1.29 is 4.79 Å². The highest BCUT2D eigenvalue weighted by molar-refractivity contribution is 5.92. The van der Waals surface area contributed by atoms with E-state index in [9.17, 15) is 4.79 Å². The number of fused-ring (bicyclic) bond motifs is 1. The number of benzene rings is 2. The Balaban J connectivity index is 1.49. The van der Waals surface area contributed by atoms with Gasteiger partial charge in [0.1, 0.15) is 5.69 Å². The second-order valence-electron chi connectivity index (χ2n) is 6.75. The Morgan fingerprint density at radius 1 is 1.04 bits per heavy atom. The van der Waals surface area contributed by atoms with Crippen molar-refractivity contribution in [3.63, 3.8) is 0 Å². The lowest BCUT2D eigenvalue weighted by Gasteiger charge is -2.30. The first kappa shape index (κ1) is 17.2. The molecule has 136 valence electrons. The zero-order valence-corrected chi connectivity index (χ0v) is 15.3. The number of amides is 1. The summed E-state index contributed by atoms with van der Waals surface area (Å²) in [7, 11) is 0. The van der Waals surface area contributed by atoms with Crippen LogP contribution in [0.1, 0.15) is 41.0 Å². The first-order valence-corrected chi connectivity index (χ1v) is 9.25. The Bertz CT molecular complexity index is 925. The number of para-hydroxylation sites is 1. The molecule has 1 N–H and O–H groups in total. The van der Waals surface area contributed by atoms with Gasteiger partial charge in [-0.2, -0.15) is 0 Å². The van der Waals surface area contributed by atoms with E-state index >= 15 is 0 Å². The minimum absolute atomic E-state index is 0.0888. The molecule has 3 aromatic rings. The Kier molecular flexibility index (Phi) is 4.83. The van der Waals surface area contributed by atoms with Crippen LogP contribution in [0.15, 0.2) is 67.0 Å². The summed E-state index contributed by atoms with van der Waals surface area (Å²) in [6.45, 7) is 2.86. The second kappa shape index (κ2) is 7.58. The molecule has 2 heterocycles. The van der Waals surface area contributed by atoms with Gasteiger partial charge in [-0.15, -0.1) is 0 Å². The molecule has 1 aromatic heterocycles. The van der Waals surface area contributed by atoms with Crippen molar-refractivity contribution >= 4 is 17.4 Å². The third kappa shape index (κ3) is 3.67. The van der Waals surface area contributed by atoms with Crippen molar-refractivity contribution in [3.05, 3.63) is 83.8 Å². The first-order chi connectivity index (χ1) is 13.2. The SMILES string of the molecule is CC(NC(=O)c1cnc(N2CCCc3ccccc32)cn1)c1ccccc1. The van der Waals surface area contributed by atoms with Crippen LogP contribution in [-0.2, 0) is 6.42 Å². The summed E-state index contributed by atoms with van der Waals surface area (Å²) in [5.41, 5.74) is 3.88. The fourth-order valence-corrected chi connectivity index (χ4v) is 3.45. The monoisotopic (exact) mass is 358 g/mol. The summed E-state index contributed by atoms with van der Waals surface area (Å²) in [4.78, 5) is 23.5. The van der Waals surface area contributed by atoms with Crippen molar-refractivity contribution in [3.8, 4) is 0 Å². The highest BCUT2D eigenvalue weighted by atomic mass is 16.1. The Morgan fingerprint density at radius 3 is 2.59 bits per heavy atom. The molecule has 0 bridgehead atoms. The lowest BCUT2D eigenvalue weighted by atomic mass is 10.0. The topological polar surface area (TPSA) is 58.1 Å². The first-order valence-electron chi connectivity index (χ1n) is 9.25. The van der Waals surface area contributed by atoms with Gasteiger partial charge in [-0.3, -0.25) is 4.79 Å². The van der Waals surface area contributed by atoms with Gasteiger partial charge in [0.15, 0.2) is 5.82 Å². The van der Waals surface area contributed by atoms with Crippen LogP contribution in [0.5, 0.6) is 0 Å². The molecule has 5 heteroatoms. The van der Waals surface area contributed by atoms with E-state index in [0.717, 1.165) is 30.8 Å². The molecule has 0 saturated heterocycles. The van der Waals surface area contributed by atoms with E-state index in [1.54, 1.807) is 12.4 Å². The summed E-state index contributed by atoms with van der Waals surface area (Å²) in [5.74, 6) is 0.555. The maximum absolute atomic E-state index is 12.5. The van der Waals surface area contributed by atoms with Crippen LogP contribution < -0.4 is 10.2 Å². The van der Waals surface area contributed by atoms with Crippen LogP contribution in [0.2, 0.25) is 0 Å². The fourth-order valence-electron chi connectivity index (χ4n) is 3.45. The Labute approximate surface area is 159 Å². The molecule has 27 heavy (non-hydrogen) atoms. The Hall–Kier alpha value is -3.21. The maximum Gasteiger partial charge on any atom is 0.271 e. The third-order valence-electron chi connectivity index (χ3n) is 4.90. The fraction of sp³-hybridized carbons (Fsp3) is 0.227. The predicted octanol–water partition coefficient (Wildman–Crippen LogP) is 4.05. The van der Waals surface area contributed by atoms with Gasteiger partial charge in [0.05, 0.1) is 18.4 Å². The highest BCUT2D eigenvalue weighted by Crippen LogP contribution is 2.31. The van der Waals surface area contributed by atoms with Crippen LogP contribution in [0.3, 0.4) is 0 Å². The van der Waals surface area contributed by atoms with Gasteiger partial charge in [0, 0.05) is 12.2 Å². The van der Waals surface area contributed by atoms with Crippen LogP contribution >= 0.6 is 0 Å². The molecule has 1 unspecified atom stereocenters. The molecular formula is C22H22N4O. The normalized spacial score (nSPS) is 14.3. The number of carbonyl (C=O) groups excluding carboxylic acids is 1. The number of rotatable bonds is 4. The van der Waals surface area contributed by atoms with E-state index < -0.39 is 0 Å². The van der Waals surface area contributed by atoms with Gasteiger partial charge in [-0.1, -0.05) is 48.5 Å². The molecule has 0 spiro atoms. The molecule has 1 amide bonds. The molecular weight excluding hydrogens is 336 g/mol. The van der Waals surface area contributed by atoms with Crippen LogP contribution in [0.25, 0.3) is 0 Å². The highest BCUT2D eigenvalue weighted by Gasteiger charge is 2.20. The number of hydrogen-bond donors (Lipinski definition) is 1. The maximum atomic E-state index is 12.5. The minimum atomic E-state index is -0.218. The predicted molar refractivity (Wildman–Crippen MR) is 106 cm³/mol. The number of hydrogen-bond acceptors (Lipinski definition) is 4. The molecule has 0 saturated carbocycles. The lowest BCUT2D eigenvalue weighted by molar-refractivity contribution is 0.0934. The average molecular weight is 358 g/mol. The van der Waals surface area contributed by atoms with E-state index in [4.69, 9.17) is 0 Å². The lowest BCUT2D eigenvalue weighted by Crippen LogP contribution is -2.28. The third-order valence-corrected chi connectivity index (χ3v) is 4.90. The number of nitrogens with one attached hydrogen (secondary N) is 1. The average Bonchev–Trinajstić information content (AvgIpc) is 2.74. The zero-order chi connectivity index (χ0) is 18.6. The van der Waals surface area contributed by atoms with Crippen molar-refractivity contribution in [1.29, 1.82) is 0 Å². The van der Waals surface area contributed by atoms with E-state index in [1.807, 2.05) is 43.3 Å². The van der Waals surface area contributed by atoms with Gasteiger partial charge in [0.25, 0.3) is 5.91 Å². The van der Waals surface area contributed by atoms with Gasteiger partial charge in [0.2, 0.25) is 0 Å². The summed E-state index contributed by atoms with van der Waals surface area (Å²) in [5, 5.41) is 2.97. The van der Waals surface area contributed by atoms with Gasteiger partial charge >= 0.3 is 0 Å². The standard InChI is InChI=1S/C22H22N4O/c1-16(17-8-3-2-4-9-17)25-22(27)19-14-24-21(15-23-19)26-13-7-11-18-10-5-6-12-20(18)26/h2-6,8-10,12,14-16H,7,11,13H2,1H3,(H,25,27). The second-order valence-corrected chi connectivity index (χ2v) is 6.75. The van der Waals surface area contributed by atoms with Crippen LogP contribution in [0.4, 0.5) is 11.5 Å². The smallest absolute Gasteiger partial charge is 0.271 e. The largest absolute Gasteiger partial charge is 0.344 e. The molecule has 4 rings (SSSR count). The number of anilines is 2. The van der Waals surface area contributed by atoms with E-state index in [-0.39, 0.29) is 11.9 Å². The number of nitrogens with zero attached hydrogens (tertiary/aromatic N) is 3. The minimum Gasteiger partial charge on any atom is -0.344 e. The molecule has 1 atom stereocenters. The van der Waals surface area contributed by atoms with Gasteiger partial charge in [-0.25, -0.2) is 9.97 Å². The van der Waals surface area contributed by atoms with Crippen LogP contribution in [-0.4, -0.2) is 22.4 Å². The van der Waals surface area contributed by atoms with E-state index in [2.05, 4.69) is 38.4 Å². The molecule has 1 aliphatic heterocycles. The van der Waals surface area contributed by atoms with E-state index in [1.165, 1.54) is 11.3 Å².